The summed E-state index contributed by atoms with van der Waals surface area (Å²) >= 11 is 1.51. The fourth-order valence-electron chi connectivity index (χ4n) is 4.05. The minimum absolute atomic E-state index is 0.153. The minimum Gasteiger partial charge on any atom is -0.372 e. The summed E-state index contributed by atoms with van der Waals surface area (Å²) < 4.78 is 1.89. The van der Waals surface area contributed by atoms with Crippen molar-refractivity contribution < 1.29 is 4.79 Å². The fraction of sp³-hybridized carbons (Fsp3) is 0.450. The van der Waals surface area contributed by atoms with Gasteiger partial charge in [0.2, 0.25) is 11.1 Å². The number of fused-ring (bicyclic) bond motifs is 2. The molecule has 0 fully saturated rings. The number of allylic oxidation sites excluding steroid dienone is 2. The van der Waals surface area contributed by atoms with E-state index in [1.54, 1.807) is 0 Å². The lowest BCUT2D eigenvalue weighted by Crippen LogP contribution is -2.38. The van der Waals surface area contributed by atoms with Crippen molar-refractivity contribution in [2.24, 2.45) is 5.92 Å². The molecule has 142 valence electrons. The maximum atomic E-state index is 12.8. The number of hydrogen-bond acceptors (Lipinski definition) is 6. The molecule has 2 heterocycles. The number of carbonyl (C=O) groups is 1. The van der Waals surface area contributed by atoms with E-state index in [4.69, 9.17) is 0 Å². The van der Waals surface area contributed by atoms with Gasteiger partial charge in [0.1, 0.15) is 5.78 Å². The van der Waals surface area contributed by atoms with Gasteiger partial charge in [-0.15, -0.1) is 5.10 Å². The third-order valence-electron chi connectivity index (χ3n) is 5.43. The van der Waals surface area contributed by atoms with Crippen LogP contribution in [0.1, 0.15) is 38.3 Å². The summed E-state index contributed by atoms with van der Waals surface area (Å²) in [6.07, 6.45) is 5.48. The molecular formula is C20H25N5OS. The van der Waals surface area contributed by atoms with Crippen LogP contribution in [0.5, 0.6) is 0 Å². The smallest absolute Gasteiger partial charge is 0.227 e. The zero-order chi connectivity index (χ0) is 19.0. The second kappa shape index (κ2) is 7.38. The highest BCUT2D eigenvalue weighted by atomic mass is 32.2. The Balaban J connectivity index is 1.78. The van der Waals surface area contributed by atoms with Gasteiger partial charge in [-0.1, -0.05) is 30.0 Å². The van der Waals surface area contributed by atoms with Crippen molar-refractivity contribution in [3.63, 3.8) is 0 Å². The van der Waals surface area contributed by atoms with Crippen molar-refractivity contribution in [2.45, 2.75) is 37.9 Å². The number of rotatable bonds is 5. The van der Waals surface area contributed by atoms with Gasteiger partial charge in [-0.05, 0) is 44.2 Å². The van der Waals surface area contributed by atoms with Crippen LogP contribution in [-0.2, 0) is 4.79 Å². The van der Waals surface area contributed by atoms with E-state index in [9.17, 15) is 4.79 Å². The topological polar surface area (TPSA) is 63.1 Å². The highest BCUT2D eigenvalue weighted by Gasteiger charge is 2.41. The number of nitrogens with zero attached hydrogens (tertiary/aromatic N) is 4. The predicted molar refractivity (Wildman–Crippen MR) is 109 cm³/mol. The maximum Gasteiger partial charge on any atom is 0.227 e. The number of benzene rings is 1. The lowest BCUT2D eigenvalue weighted by atomic mass is 9.81. The van der Waals surface area contributed by atoms with Gasteiger partial charge in [-0.3, -0.25) is 4.79 Å². The number of carbonyl (C=O) groups excluding carboxylic acids is 1. The average Bonchev–Trinajstić information content (AvgIpc) is 3.11. The van der Waals surface area contributed by atoms with E-state index in [1.807, 2.05) is 10.9 Å². The molecule has 27 heavy (non-hydrogen) atoms. The molecule has 2 aliphatic rings. The van der Waals surface area contributed by atoms with Crippen molar-refractivity contribution >= 4 is 29.2 Å². The number of aromatic nitrogens is 3. The molecule has 0 radical (unpaired) electrons. The molecule has 0 saturated heterocycles. The summed E-state index contributed by atoms with van der Waals surface area (Å²) in [5.74, 6) is 0.765. The van der Waals surface area contributed by atoms with Crippen LogP contribution in [0.4, 0.5) is 11.6 Å². The number of Topliss-reactive ketones (excluding diaryl/α,β-unsaturated/α-hetero) is 1. The Labute approximate surface area is 164 Å². The Kier molecular flexibility index (Phi) is 4.95. The van der Waals surface area contributed by atoms with Crippen molar-refractivity contribution in [3.05, 3.63) is 41.6 Å². The number of nitrogens with one attached hydrogen (secondary N) is 1. The summed E-state index contributed by atoms with van der Waals surface area (Å²) in [5, 5.41) is 8.71. The highest BCUT2D eigenvalue weighted by Crippen LogP contribution is 2.42. The van der Waals surface area contributed by atoms with Crippen LogP contribution in [0, 0.1) is 5.92 Å². The first kappa shape index (κ1) is 18.1. The van der Waals surface area contributed by atoms with Crippen LogP contribution in [0.15, 0.2) is 41.2 Å². The Bertz CT molecular complexity index is 869. The van der Waals surface area contributed by atoms with Gasteiger partial charge in [-0.25, -0.2) is 4.68 Å². The van der Waals surface area contributed by atoms with Crippen LogP contribution in [0.25, 0.3) is 0 Å². The molecule has 1 aromatic heterocycles. The van der Waals surface area contributed by atoms with Crippen molar-refractivity contribution in [3.8, 4) is 0 Å². The molecule has 7 heteroatoms. The number of hydrogen-bond donors (Lipinski definition) is 1. The van der Waals surface area contributed by atoms with E-state index in [0.29, 0.717) is 11.6 Å². The van der Waals surface area contributed by atoms with Crippen LogP contribution >= 0.6 is 11.8 Å². The zero-order valence-corrected chi connectivity index (χ0v) is 16.8. The Morgan fingerprint density at radius 3 is 2.67 bits per heavy atom. The zero-order valence-electron chi connectivity index (χ0n) is 16.0. The molecule has 2 atom stereocenters. The molecule has 2 aromatic rings. The molecule has 0 unspecified atom stereocenters. The molecule has 4 rings (SSSR count). The van der Waals surface area contributed by atoms with Crippen molar-refractivity contribution in [1.29, 1.82) is 0 Å². The quantitative estimate of drug-likeness (QED) is 0.794. The second-order valence-electron chi connectivity index (χ2n) is 6.84. The molecule has 0 amide bonds. The van der Waals surface area contributed by atoms with Crippen LogP contribution in [0.3, 0.4) is 0 Å². The van der Waals surface area contributed by atoms with E-state index < -0.39 is 0 Å². The van der Waals surface area contributed by atoms with Gasteiger partial charge in [0, 0.05) is 30.9 Å². The van der Waals surface area contributed by atoms with Gasteiger partial charge in [-0.2, -0.15) is 4.98 Å². The standard InChI is InChI=1S/C20H25N5OS/c1-4-24(5-2)14-11-9-13(10-12-14)18-17-15(7-6-8-16(17)26)21-19-22-20(27-3)23-25(18)19/h7,9-12,17-18H,4-6,8H2,1-3H3,(H,21,22,23)/t17-,18-/m1/s1. The molecular weight excluding hydrogens is 358 g/mol. The number of anilines is 2. The minimum atomic E-state index is -0.220. The lowest BCUT2D eigenvalue weighted by molar-refractivity contribution is -0.123. The van der Waals surface area contributed by atoms with E-state index in [0.717, 1.165) is 36.7 Å². The monoisotopic (exact) mass is 383 g/mol. The van der Waals surface area contributed by atoms with E-state index in [1.165, 1.54) is 17.4 Å². The van der Waals surface area contributed by atoms with Gasteiger partial charge < -0.3 is 10.2 Å². The average molecular weight is 384 g/mol. The predicted octanol–water partition coefficient (Wildman–Crippen LogP) is 3.72. The fourth-order valence-corrected chi connectivity index (χ4v) is 4.39. The summed E-state index contributed by atoms with van der Waals surface area (Å²) in [6.45, 7) is 6.27. The van der Waals surface area contributed by atoms with Gasteiger partial charge in [0.05, 0.1) is 12.0 Å². The summed E-state index contributed by atoms with van der Waals surface area (Å²) in [4.78, 5) is 19.7. The Hall–Kier alpha value is -2.28. The largest absolute Gasteiger partial charge is 0.372 e. The van der Waals surface area contributed by atoms with Crippen LogP contribution in [0.2, 0.25) is 0 Å². The Morgan fingerprint density at radius 1 is 1.26 bits per heavy atom. The molecule has 1 N–H and O–H groups in total. The molecule has 1 aliphatic carbocycles. The summed E-state index contributed by atoms with van der Waals surface area (Å²) in [7, 11) is 0. The van der Waals surface area contributed by atoms with Gasteiger partial charge >= 0.3 is 0 Å². The van der Waals surface area contributed by atoms with Gasteiger partial charge in [0.15, 0.2) is 0 Å². The van der Waals surface area contributed by atoms with Crippen LogP contribution < -0.4 is 10.2 Å². The molecule has 0 spiro atoms. The summed E-state index contributed by atoms with van der Waals surface area (Å²) in [5.41, 5.74) is 3.26. The van der Waals surface area contributed by atoms with E-state index >= 15 is 0 Å². The molecule has 1 aromatic carbocycles. The Morgan fingerprint density at radius 2 is 2.00 bits per heavy atom. The first-order valence-electron chi connectivity index (χ1n) is 9.51. The number of ketones is 1. The van der Waals surface area contributed by atoms with E-state index in [2.05, 4.69) is 64.5 Å². The maximum absolute atomic E-state index is 12.8. The summed E-state index contributed by atoms with van der Waals surface area (Å²) in [6, 6.07) is 8.40. The first-order valence-corrected chi connectivity index (χ1v) is 10.7. The SMILES string of the molecule is CCN(CC)c1ccc([C@@H]2[C@H]3C(=O)CCC=C3Nc3nc(SC)nn32)cc1. The number of thioether (sulfide) groups is 1. The first-order chi connectivity index (χ1) is 13.2. The normalized spacial score (nSPS) is 21.1. The molecule has 0 saturated carbocycles. The highest BCUT2D eigenvalue weighted by molar-refractivity contribution is 7.98. The second-order valence-corrected chi connectivity index (χ2v) is 7.62. The van der Waals surface area contributed by atoms with Crippen molar-refractivity contribution in [2.75, 3.05) is 29.6 Å². The molecule has 6 nitrogen and oxygen atoms in total. The third-order valence-corrected chi connectivity index (χ3v) is 5.97. The molecule has 1 aliphatic heterocycles. The molecule has 0 bridgehead atoms. The lowest BCUT2D eigenvalue weighted by Gasteiger charge is -2.36. The third kappa shape index (κ3) is 3.14. The van der Waals surface area contributed by atoms with E-state index in [-0.39, 0.29) is 17.7 Å². The van der Waals surface area contributed by atoms with Gasteiger partial charge in [0.25, 0.3) is 0 Å². The van der Waals surface area contributed by atoms with Crippen molar-refractivity contribution in [1.82, 2.24) is 14.8 Å². The van der Waals surface area contributed by atoms with Crippen LogP contribution in [-0.4, -0.2) is 39.9 Å².